The van der Waals surface area contributed by atoms with Gasteiger partial charge >= 0.3 is 0 Å². The van der Waals surface area contributed by atoms with Crippen LogP contribution in [-0.4, -0.2) is 56.2 Å². The molecular formula is C20H32N2O2. The third kappa shape index (κ3) is 4.22. The molecule has 1 saturated carbocycles. The van der Waals surface area contributed by atoms with Crippen LogP contribution in [0, 0.1) is 5.92 Å². The lowest BCUT2D eigenvalue weighted by Gasteiger charge is -2.41. The summed E-state index contributed by atoms with van der Waals surface area (Å²) in [6.45, 7) is 8.03. The van der Waals surface area contributed by atoms with Crippen molar-refractivity contribution in [1.29, 1.82) is 0 Å². The molecule has 2 aliphatic rings. The van der Waals surface area contributed by atoms with Crippen molar-refractivity contribution < 1.29 is 9.47 Å². The van der Waals surface area contributed by atoms with Gasteiger partial charge in [-0.15, -0.1) is 0 Å². The summed E-state index contributed by atoms with van der Waals surface area (Å²) >= 11 is 0. The first-order valence-corrected chi connectivity index (χ1v) is 9.37. The minimum atomic E-state index is 0.828. The Morgan fingerprint density at radius 3 is 2.29 bits per heavy atom. The van der Waals surface area contributed by atoms with Crippen LogP contribution >= 0.6 is 0 Å². The van der Waals surface area contributed by atoms with Gasteiger partial charge in [0.05, 0.1) is 14.2 Å². The van der Waals surface area contributed by atoms with Gasteiger partial charge in [0.25, 0.3) is 0 Å². The second-order valence-corrected chi connectivity index (χ2v) is 7.40. The molecular weight excluding hydrogens is 300 g/mol. The van der Waals surface area contributed by atoms with Crippen molar-refractivity contribution in [1.82, 2.24) is 9.80 Å². The Bertz CT molecular complexity index is 518. The highest BCUT2D eigenvalue weighted by molar-refractivity contribution is 5.40. The average Bonchev–Trinajstić information content (AvgIpc) is 2.63. The quantitative estimate of drug-likeness (QED) is 0.825. The number of rotatable bonds is 5. The summed E-state index contributed by atoms with van der Waals surface area (Å²) < 4.78 is 10.9. The van der Waals surface area contributed by atoms with Crippen LogP contribution in [-0.2, 0) is 6.54 Å². The molecule has 1 heterocycles. The Labute approximate surface area is 146 Å². The van der Waals surface area contributed by atoms with Gasteiger partial charge in [-0.2, -0.15) is 0 Å². The predicted octanol–water partition coefficient (Wildman–Crippen LogP) is 3.40. The lowest BCUT2D eigenvalue weighted by molar-refractivity contribution is 0.0685. The molecule has 0 atom stereocenters. The Morgan fingerprint density at radius 2 is 1.67 bits per heavy atom. The van der Waals surface area contributed by atoms with Gasteiger partial charge in [0.15, 0.2) is 0 Å². The van der Waals surface area contributed by atoms with E-state index in [2.05, 4.69) is 22.8 Å². The van der Waals surface area contributed by atoms with E-state index in [9.17, 15) is 0 Å². The molecule has 3 rings (SSSR count). The summed E-state index contributed by atoms with van der Waals surface area (Å²) in [5.41, 5.74) is 1.22. The Morgan fingerprint density at radius 1 is 0.958 bits per heavy atom. The Balaban J connectivity index is 1.54. The molecule has 1 aromatic rings. The summed E-state index contributed by atoms with van der Waals surface area (Å²) in [6, 6.07) is 6.90. The highest BCUT2D eigenvalue weighted by Gasteiger charge is 2.27. The largest absolute Gasteiger partial charge is 0.497 e. The van der Waals surface area contributed by atoms with Crippen molar-refractivity contribution in [2.75, 3.05) is 40.4 Å². The molecule has 0 amide bonds. The van der Waals surface area contributed by atoms with Crippen molar-refractivity contribution in [2.45, 2.75) is 45.2 Å². The van der Waals surface area contributed by atoms with Crippen molar-refractivity contribution in [3.05, 3.63) is 23.8 Å². The molecule has 0 bridgehead atoms. The van der Waals surface area contributed by atoms with E-state index >= 15 is 0 Å². The SMILES string of the molecule is COc1ccc(OC)c(CN2CCN(C3CCC(C)CC3)CC2)c1. The van der Waals surface area contributed by atoms with E-state index in [4.69, 9.17) is 9.47 Å². The number of ether oxygens (including phenoxy) is 2. The zero-order chi connectivity index (χ0) is 16.9. The molecule has 0 N–H and O–H groups in total. The van der Waals surface area contributed by atoms with E-state index in [1.165, 1.54) is 44.3 Å². The zero-order valence-corrected chi connectivity index (χ0v) is 15.5. The fraction of sp³-hybridized carbons (Fsp3) is 0.700. The second kappa shape index (κ2) is 8.21. The fourth-order valence-electron chi connectivity index (χ4n) is 4.14. The summed E-state index contributed by atoms with van der Waals surface area (Å²) in [5.74, 6) is 2.79. The molecule has 24 heavy (non-hydrogen) atoms. The Kier molecular flexibility index (Phi) is 6.01. The third-order valence-corrected chi connectivity index (χ3v) is 5.79. The van der Waals surface area contributed by atoms with Crippen LogP contribution in [0.5, 0.6) is 11.5 Å². The van der Waals surface area contributed by atoms with E-state index in [0.717, 1.165) is 43.1 Å². The molecule has 0 unspecified atom stereocenters. The molecule has 4 heteroatoms. The summed E-state index contributed by atoms with van der Waals surface area (Å²) in [4.78, 5) is 5.27. The van der Waals surface area contributed by atoms with E-state index < -0.39 is 0 Å². The molecule has 0 spiro atoms. The molecule has 1 aliphatic carbocycles. The molecule has 0 aromatic heterocycles. The van der Waals surface area contributed by atoms with Crippen molar-refractivity contribution in [3.63, 3.8) is 0 Å². The topological polar surface area (TPSA) is 24.9 Å². The first-order chi connectivity index (χ1) is 11.7. The van der Waals surface area contributed by atoms with Crippen LogP contribution in [0.4, 0.5) is 0 Å². The maximum Gasteiger partial charge on any atom is 0.123 e. The monoisotopic (exact) mass is 332 g/mol. The molecule has 1 saturated heterocycles. The molecule has 134 valence electrons. The molecule has 0 radical (unpaired) electrons. The van der Waals surface area contributed by atoms with Crippen molar-refractivity contribution >= 4 is 0 Å². The van der Waals surface area contributed by atoms with Gasteiger partial charge in [0.1, 0.15) is 11.5 Å². The number of hydrogen-bond donors (Lipinski definition) is 0. The highest BCUT2D eigenvalue weighted by atomic mass is 16.5. The smallest absolute Gasteiger partial charge is 0.123 e. The van der Waals surface area contributed by atoms with Crippen LogP contribution < -0.4 is 9.47 Å². The predicted molar refractivity (Wildman–Crippen MR) is 97.8 cm³/mol. The summed E-state index contributed by atoms with van der Waals surface area (Å²) in [5, 5.41) is 0. The molecule has 1 aliphatic heterocycles. The minimum Gasteiger partial charge on any atom is -0.497 e. The van der Waals surface area contributed by atoms with Gasteiger partial charge < -0.3 is 9.47 Å². The van der Waals surface area contributed by atoms with Crippen LogP contribution in [0.3, 0.4) is 0 Å². The van der Waals surface area contributed by atoms with Crippen LogP contribution in [0.2, 0.25) is 0 Å². The molecule has 2 fully saturated rings. The summed E-state index contributed by atoms with van der Waals surface area (Å²) in [7, 11) is 3.46. The number of nitrogens with zero attached hydrogens (tertiary/aromatic N) is 2. The maximum atomic E-state index is 5.52. The second-order valence-electron chi connectivity index (χ2n) is 7.40. The maximum absolute atomic E-state index is 5.52. The minimum absolute atomic E-state index is 0.828. The van der Waals surface area contributed by atoms with Gasteiger partial charge in [-0.25, -0.2) is 0 Å². The fourth-order valence-corrected chi connectivity index (χ4v) is 4.14. The number of hydrogen-bond acceptors (Lipinski definition) is 4. The standard InChI is InChI=1S/C20H32N2O2/c1-16-4-6-18(7-5-16)22-12-10-21(11-13-22)15-17-14-19(23-2)8-9-20(17)24-3/h8-9,14,16,18H,4-7,10-13,15H2,1-3H3. The number of methoxy groups -OCH3 is 2. The van der Waals surface area contributed by atoms with Crippen molar-refractivity contribution in [3.8, 4) is 11.5 Å². The third-order valence-electron chi connectivity index (χ3n) is 5.79. The van der Waals surface area contributed by atoms with Gasteiger partial charge in [-0.05, 0) is 49.8 Å². The van der Waals surface area contributed by atoms with Crippen LogP contribution in [0.15, 0.2) is 18.2 Å². The normalized spacial score (nSPS) is 26.3. The first-order valence-electron chi connectivity index (χ1n) is 9.37. The van der Waals surface area contributed by atoms with E-state index in [0.29, 0.717) is 0 Å². The van der Waals surface area contributed by atoms with E-state index in [1.807, 2.05) is 12.1 Å². The highest BCUT2D eigenvalue weighted by Crippen LogP contribution is 2.29. The lowest BCUT2D eigenvalue weighted by Crippen LogP contribution is -2.50. The van der Waals surface area contributed by atoms with Gasteiger partial charge in [-0.1, -0.05) is 6.92 Å². The van der Waals surface area contributed by atoms with Crippen LogP contribution in [0.1, 0.15) is 38.2 Å². The Hall–Kier alpha value is -1.26. The van der Waals surface area contributed by atoms with Gasteiger partial charge in [0.2, 0.25) is 0 Å². The average molecular weight is 332 g/mol. The lowest BCUT2D eigenvalue weighted by atomic mass is 9.86. The van der Waals surface area contributed by atoms with E-state index in [1.54, 1.807) is 14.2 Å². The summed E-state index contributed by atoms with van der Waals surface area (Å²) in [6.07, 6.45) is 5.60. The van der Waals surface area contributed by atoms with E-state index in [-0.39, 0.29) is 0 Å². The molecule has 4 nitrogen and oxygen atoms in total. The zero-order valence-electron chi connectivity index (χ0n) is 15.5. The number of piperazine rings is 1. The van der Waals surface area contributed by atoms with Crippen LogP contribution in [0.25, 0.3) is 0 Å². The van der Waals surface area contributed by atoms with Gasteiger partial charge in [-0.3, -0.25) is 9.80 Å². The van der Waals surface area contributed by atoms with Crippen molar-refractivity contribution in [2.24, 2.45) is 5.92 Å². The number of benzene rings is 1. The molecule has 1 aromatic carbocycles. The van der Waals surface area contributed by atoms with Gasteiger partial charge in [0, 0.05) is 44.3 Å². The first kappa shape index (κ1) is 17.6.